The van der Waals surface area contributed by atoms with E-state index in [-0.39, 0.29) is 12.4 Å². The maximum absolute atomic E-state index is 12.9. The number of benzene rings is 1. The van der Waals surface area contributed by atoms with Gasteiger partial charge in [-0.05, 0) is 61.7 Å². The number of nitrogens with one attached hydrogen (secondary N) is 1. The molecule has 0 saturated heterocycles. The van der Waals surface area contributed by atoms with Gasteiger partial charge in [0, 0.05) is 12.2 Å². The van der Waals surface area contributed by atoms with Crippen molar-refractivity contribution in [2.45, 2.75) is 26.3 Å². The molecular weight excluding hydrogens is 269 g/mol. The Labute approximate surface area is 124 Å². The van der Waals surface area contributed by atoms with Crippen molar-refractivity contribution in [3.05, 3.63) is 48.0 Å². The molecule has 1 unspecified atom stereocenters. The van der Waals surface area contributed by atoms with Gasteiger partial charge in [0.2, 0.25) is 0 Å². The Morgan fingerprint density at radius 3 is 2.67 bits per heavy atom. The summed E-state index contributed by atoms with van der Waals surface area (Å²) >= 11 is 0. The lowest BCUT2D eigenvalue weighted by atomic mass is 10.1. The van der Waals surface area contributed by atoms with E-state index in [1.807, 2.05) is 19.1 Å². The molecule has 114 valence electrons. The molecule has 2 rings (SSSR count). The van der Waals surface area contributed by atoms with Gasteiger partial charge in [-0.3, -0.25) is 0 Å². The smallest absolute Gasteiger partial charge is 0.134 e. The van der Waals surface area contributed by atoms with Crippen molar-refractivity contribution >= 4 is 0 Å². The summed E-state index contributed by atoms with van der Waals surface area (Å²) in [7, 11) is 0. The van der Waals surface area contributed by atoms with Crippen LogP contribution >= 0.6 is 0 Å². The minimum Gasteiger partial charge on any atom is -0.460 e. The summed E-state index contributed by atoms with van der Waals surface area (Å²) < 4.78 is 18.6. The van der Waals surface area contributed by atoms with Crippen molar-refractivity contribution in [3.8, 4) is 11.3 Å². The molecular formula is C17H22FNO2. The molecule has 1 heterocycles. The largest absolute Gasteiger partial charge is 0.460 e. The van der Waals surface area contributed by atoms with Gasteiger partial charge in [0.25, 0.3) is 0 Å². The van der Waals surface area contributed by atoms with Gasteiger partial charge in [-0.15, -0.1) is 0 Å². The second kappa shape index (κ2) is 7.96. The van der Waals surface area contributed by atoms with Gasteiger partial charge in [0.05, 0.1) is 6.54 Å². The van der Waals surface area contributed by atoms with Gasteiger partial charge in [-0.25, -0.2) is 4.39 Å². The highest BCUT2D eigenvalue weighted by Gasteiger charge is 2.05. The van der Waals surface area contributed by atoms with Crippen molar-refractivity contribution in [1.29, 1.82) is 0 Å². The van der Waals surface area contributed by atoms with E-state index in [4.69, 9.17) is 9.52 Å². The molecule has 0 fully saturated rings. The third-order valence-electron chi connectivity index (χ3n) is 3.45. The van der Waals surface area contributed by atoms with Crippen LogP contribution in [0.25, 0.3) is 11.3 Å². The third-order valence-corrected chi connectivity index (χ3v) is 3.45. The average molecular weight is 291 g/mol. The first-order chi connectivity index (χ1) is 10.2. The first-order valence-corrected chi connectivity index (χ1v) is 7.35. The molecule has 0 amide bonds. The fourth-order valence-electron chi connectivity index (χ4n) is 2.12. The van der Waals surface area contributed by atoms with E-state index in [2.05, 4.69) is 5.32 Å². The maximum atomic E-state index is 12.9. The van der Waals surface area contributed by atoms with Crippen LogP contribution in [0.1, 0.15) is 25.5 Å². The van der Waals surface area contributed by atoms with Gasteiger partial charge in [0.1, 0.15) is 17.3 Å². The Kier molecular flexibility index (Phi) is 5.96. The third kappa shape index (κ3) is 4.99. The highest BCUT2D eigenvalue weighted by Crippen LogP contribution is 2.22. The molecule has 1 aromatic heterocycles. The summed E-state index contributed by atoms with van der Waals surface area (Å²) in [5.74, 6) is 1.73. The van der Waals surface area contributed by atoms with Crippen LogP contribution in [0, 0.1) is 11.7 Å². The second-order valence-corrected chi connectivity index (χ2v) is 5.38. The Bertz CT molecular complexity index is 536. The summed E-state index contributed by atoms with van der Waals surface area (Å²) in [5, 5.41) is 12.3. The predicted octanol–water partition coefficient (Wildman–Crippen LogP) is 3.58. The fraction of sp³-hybridized carbons (Fsp3) is 0.412. The molecule has 0 saturated carbocycles. The SMILES string of the molecule is CC(CO)CCCNCc1ccc(-c2ccc(F)cc2)o1. The molecule has 0 aliphatic rings. The number of hydrogen-bond acceptors (Lipinski definition) is 3. The van der Waals surface area contributed by atoms with Crippen molar-refractivity contribution in [1.82, 2.24) is 5.32 Å². The number of halogens is 1. The van der Waals surface area contributed by atoms with E-state index in [0.717, 1.165) is 36.5 Å². The van der Waals surface area contributed by atoms with Crippen LogP contribution in [0.4, 0.5) is 4.39 Å². The van der Waals surface area contributed by atoms with Crippen LogP contribution in [0.2, 0.25) is 0 Å². The number of aliphatic hydroxyl groups excluding tert-OH is 1. The number of rotatable bonds is 8. The second-order valence-electron chi connectivity index (χ2n) is 5.38. The van der Waals surface area contributed by atoms with Crippen LogP contribution < -0.4 is 5.32 Å². The summed E-state index contributed by atoms with van der Waals surface area (Å²) in [6, 6.07) is 10.1. The Morgan fingerprint density at radius 2 is 1.95 bits per heavy atom. The zero-order chi connectivity index (χ0) is 15.1. The van der Waals surface area contributed by atoms with E-state index < -0.39 is 0 Å². The van der Waals surface area contributed by atoms with Gasteiger partial charge < -0.3 is 14.8 Å². The van der Waals surface area contributed by atoms with Crippen LogP contribution in [0.15, 0.2) is 40.8 Å². The minimum absolute atomic E-state index is 0.246. The molecule has 0 radical (unpaired) electrons. The van der Waals surface area contributed by atoms with Crippen molar-refractivity contribution < 1.29 is 13.9 Å². The fourth-order valence-corrected chi connectivity index (χ4v) is 2.12. The Balaban J connectivity index is 1.77. The molecule has 0 bridgehead atoms. The molecule has 1 aromatic carbocycles. The number of aliphatic hydroxyl groups is 1. The van der Waals surface area contributed by atoms with Crippen LogP contribution in [-0.2, 0) is 6.54 Å². The number of furan rings is 1. The molecule has 2 aromatic rings. The molecule has 0 aliphatic carbocycles. The van der Waals surface area contributed by atoms with Crippen LogP contribution in [0.3, 0.4) is 0 Å². The molecule has 0 aliphatic heterocycles. The van der Waals surface area contributed by atoms with Gasteiger partial charge in [-0.2, -0.15) is 0 Å². The topological polar surface area (TPSA) is 45.4 Å². The zero-order valence-corrected chi connectivity index (χ0v) is 12.3. The van der Waals surface area contributed by atoms with E-state index >= 15 is 0 Å². The lowest BCUT2D eigenvalue weighted by Gasteiger charge is -2.07. The van der Waals surface area contributed by atoms with Gasteiger partial charge in [0.15, 0.2) is 0 Å². The summed E-state index contributed by atoms with van der Waals surface area (Å²) in [6.45, 7) is 3.87. The lowest BCUT2D eigenvalue weighted by molar-refractivity contribution is 0.228. The molecule has 1 atom stereocenters. The predicted molar refractivity (Wildman–Crippen MR) is 81.3 cm³/mol. The number of hydrogen-bond donors (Lipinski definition) is 2. The Hall–Kier alpha value is -1.65. The van der Waals surface area contributed by atoms with Crippen molar-refractivity contribution in [2.24, 2.45) is 5.92 Å². The minimum atomic E-state index is -0.246. The van der Waals surface area contributed by atoms with Crippen molar-refractivity contribution in [2.75, 3.05) is 13.2 Å². The van der Waals surface area contributed by atoms with Gasteiger partial charge >= 0.3 is 0 Å². The maximum Gasteiger partial charge on any atom is 0.134 e. The zero-order valence-electron chi connectivity index (χ0n) is 12.3. The quantitative estimate of drug-likeness (QED) is 0.731. The average Bonchev–Trinajstić information content (AvgIpc) is 2.96. The van der Waals surface area contributed by atoms with Gasteiger partial charge in [-0.1, -0.05) is 6.92 Å². The molecule has 0 spiro atoms. The molecule has 4 heteroatoms. The summed E-state index contributed by atoms with van der Waals surface area (Å²) in [5.41, 5.74) is 0.874. The Morgan fingerprint density at radius 1 is 1.19 bits per heavy atom. The van der Waals surface area contributed by atoms with Crippen LogP contribution in [-0.4, -0.2) is 18.3 Å². The van der Waals surface area contributed by atoms with E-state index in [1.165, 1.54) is 12.1 Å². The highest BCUT2D eigenvalue weighted by atomic mass is 19.1. The normalized spacial score (nSPS) is 12.5. The lowest BCUT2D eigenvalue weighted by Crippen LogP contribution is -2.15. The first kappa shape index (κ1) is 15.7. The molecule has 21 heavy (non-hydrogen) atoms. The summed E-state index contributed by atoms with van der Waals surface area (Å²) in [6.07, 6.45) is 2.05. The molecule has 3 nitrogen and oxygen atoms in total. The van der Waals surface area contributed by atoms with E-state index in [9.17, 15) is 4.39 Å². The monoisotopic (exact) mass is 291 g/mol. The van der Waals surface area contributed by atoms with E-state index in [1.54, 1.807) is 12.1 Å². The summed E-state index contributed by atoms with van der Waals surface area (Å²) in [4.78, 5) is 0. The van der Waals surface area contributed by atoms with E-state index in [0.29, 0.717) is 12.5 Å². The van der Waals surface area contributed by atoms with Crippen molar-refractivity contribution in [3.63, 3.8) is 0 Å². The van der Waals surface area contributed by atoms with Crippen LogP contribution in [0.5, 0.6) is 0 Å². The standard InChI is InChI=1S/C17H22FNO2/c1-13(12-20)3-2-10-19-11-16-8-9-17(21-16)14-4-6-15(18)7-5-14/h4-9,13,19-20H,2-3,10-12H2,1H3. The highest BCUT2D eigenvalue weighted by molar-refractivity contribution is 5.57. The first-order valence-electron chi connectivity index (χ1n) is 7.35. The molecule has 2 N–H and O–H groups in total.